The van der Waals surface area contributed by atoms with Gasteiger partial charge in [-0.1, -0.05) is 36.4 Å². The number of hydrogen-bond donors (Lipinski definition) is 3. The molecule has 0 fully saturated rings. The van der Waals surface area contributed by atoms with Crippen molar-refractivity contribution in [2.75, 3.05) is 10.3 Å². The average Bonchev–Trinajstić information content (AvgIpc) is 2.67. The van der Waals surface area contributed by atoms with Crippen LogP contribution in [0.15, 0.2) is 89.8 Å². The highest BCUT2D eigenvalue weighted by Crippen LogP contribution is 2.22. The lowest BCUT2D eigenvalue weighted by Gasteiger charge is -2.25. The minimum Gasteiger partial charge on any atom is -0.307 e. The van der Waals surface area contributed by atoms with E-state index in [4.69, 9.17) is 5.14 Å². The smallest absolute Gasteiger partial charge is 0.307 e. The Morgan fingerprint density at radius 2 is 1.26 bits per heavy atom. The zero-order valence-electron chi connectivity index (χ0n) is 14.2. The molecule has 0 aliphatic heterocycles. The third-order valence-electron chi connectivity index (χ3n) is 3.68. The van der Waals surface area contributed by atoms with E-state index in [1.54, 1.807) is 5.01 Å². The fraction of sp³-hybridized carbons (Fsp3) is 0. The zero-order valence-corrected chi connectivity index (χ0v) is 15.1. The van der Waals surface area contributed by atoms with Gasteiger partial charge in [-0.05, 0) is 48.5 Å². The van der Waals surface area contributed by atoms with Crippen molar-refractivity contribution >= 4 is 33.1 Å². The number of primary sulfonamides is 1. The number of hydrazine groups is 1. The lowest BCUT2D eigenvalue weighted by atomic mass is 10.2. The number of urea groups is 1. The molecule has 7 nitrogen and oxygen atoms in total. The van der Waals surface area contributed by atoms with Crippen LogP contribution in [0.2, 0.25) is 0 Å². The number of nitrogens with zero attached hydrogens (tertiary/aromatic N) is 1. The summed E-state index contributed by atoms with van der Waals surface area (Å²) in [5.74, 6) is 0. The van der Waals surface area contributed by atoms with Crippen molar-refractivity contribution in [2.24, 2.45) is 5.14 Å². The van der Waals surface area contributed by atoms with Crippen molar-refractivity contribution in [3.05, 3.63) is 84.9 Å². The molecule has 3 aromatic rings. The molecule has 0 atom stereocenters. The summed E-state index contributed by atoms with van der Waals surface area (Å²) in [4.78, 5) is 12.4. The maximum Gasteiger partial charge on any atom is 0.338 e. The Balaban J connectivity index is 1.77. The summed E-state index contributed by atoms with van der Waals surface area (Å²) in [6.07, 6.45) is 0. The molecule has 0 bridgehead atoms. The molecule has 0 aliphatic carbocycles. The number of anilines is 3. The first-order valence-electron chi connectivity index (χ1n) is 8.04. The number of para-hydroxylation sites is 2. The summed E-state index contributed by atoms with van der Waals surface area (Å²) in [7, 11) is -3.78. The predicted octanol–water partition coefficient (Wildman–Crippen LogP) is 3.21. The predicted molar refractivity (Wildman–Crippen MR) is 105 cm³/mol. The van der Waals surface area contributed by atoms with Gasteiger partial charge in [0.25, 0.3) is 0 Å². The van der Waals surface area contributed by atoms with Gasteiger partial charge < -0.3 is 5.32 Å². The van der Waals surface area contributed by atoms with E-state index in [-0.39, 0.29) is 4.90 Å². The second-order valence-electron chi connectivity index (χ2n) is 5.64. The van der Waals surface area contributed by atoms with Crippen LogP contribution in [0.5, 0.6) is 0 Å². The maximum absolute atomic E-state index is 12.4. The van der Waals surface area contributed by atoms with E-state index in [0.717, 1.165) is 11.4 Å². The van der Waals surface area contributed by atoms with E-state index in [0.29, 0.717) is 5.69 Å². The standard InChI is InChI=1S/C19H18N4O3S/c20-27(25,26)18-13-11-15(12-14-18)21-19(24)22-23(16-7-3-1-4-8-16)17-9-5-2-6-10-17/h1-14H,(H2,20,25,26)(H2,21,22,24). The molecule has 0 heterocycles. The summed E-state index contributed by atoms with van der Waals surface area (Å²) in [5, 5.41) is 9.38. The van der Waals surface area contributed by atoms with Gasteiger partial charge in [0.2, 0.25) is 10.0 Å². The number of carbonyl (C=O) groups is 1. The van der Waals surface area contributed by atoms with E-state index in [9.17, 15) is 13.2 Å². The molecule has 2 amide bonds. The SMILES string of the molecule is NS(=O)(=O)c1ccc(NC(=O)NN(c2ccccc2)c2ccccc2)cc1. The van der Waals surface area contributed by atoms with E-state index in [1.165, 1.54) is 24.3 Å². The first kappa shape index (κ1) is 18.4. The number of amides is 2. The van der Waals surface area contributed by atoms with Crippen LogP contribution in [0.25, 0.3) is 0 Å². The largest absolute Gasteiger partial charge is 0.338 e. The topological polar surface area (TPSA) is 105 Å². The molecule has 8 heteroatoms. The highest BCUT2D eigenvalue weighted by Gasteiger charge is 2.13. The number of carbonyl (C=O) groups excluding carboxylic acids is 1. The molecule has 3 rings (SSSR count). The van der Waals surface area contributed by atoms with Crippen molar-refractivity contribution in [1.29, 1.82) is 0 Å². The zero-order chi connectivity index (χ0) is 19.3. The van der Waals surface area contributed by atoms with Gasteiger partial charge in [-0.25, -0.2) is 23.8 Å². The number of nitrogens with one attached hydrogen (secondary N) is 2. The summed E-state index contributed by atoms with van der Waals surface area (Å²) >= 11 is 0. The van der Waals surface area contributed by atoms with Crippen LogP contribution >= 0.6 is 0 Å². The van der Waals surface area contributed by atoms with Crippen LogP contribution in [0.3, 0.4) is 0 Å². The van der Waals surface area contributed by atoms with Gasteiger partial charge in [0.05, 0.1) is 16.3 Å². The summed E-state index contributed by atoms with van der Waals surface area (Å²) in [5.41, 5.74) is 4.78. The van der Waals surface area contributed by atoms with Crippen LogP contribution in [0.1, 0.15) is 0 Å². The quantitative estimate of drug-likeness (QED) is 0.589. The molecule has 0 spiro atoms. The molecule has 4 N–H and O–H groups in total. The van der Waals surface area contributed by atoms with Gasteiger partial charge in [0, 0.05) is 5.69 Å². The normalized spacial score (nSPS) is 10.9. The third kappa shape index (κ3) is 4.84. The molecule has 27 heavy (non-hydrogen) atoms. The Morgan fingerprint density at radius 1 is 0.778 bits per heavy atom. The fourth-order valence-corrected chi connectivity index (χ4v) is 2.94. The molecule has 0 radical (unpaired) electrons. The summed E-state index contributed by atoms with van der Waals surface area (Å²) in [6, 6.07) is 23.9. The van der Waals surface area contributed by atoms with Crippen LogP contribution in [-0.4, -0.2) is 14.4 Å². The molecule has 0 unspecified atom stereocenters. The first-order valence-corrected chi connectivity index (χ1v) is 9.59. The molecule has 0 aliphatic rings. The van der Waals surface area contributed by atoms with Crippen molar-refractivity contribution in [3.8, 4) is 0 Å². The van der Waals surface area contributed by atoms with Crippen molar-refractivity contribution in [1.82, 2.24) is 5.43 Å². The van der Waals surface area contributed by atoms with Crippen LogP contribution in [-0.2, 0) is 10.0 Å². The Bertz CT molecular complexity index is 968. The molecular formula is C19H18N4O3S. The minimum atomic E-state index is -3.78. The Hall–Kier alpha value is -3.36. The molecule has 0 saturated carbocycles. The average molecular weight is 382 g/mol. The highest BCUT2D eigenvalue weighted by atomic mass is 32.2. The maximum atomic E-state index is 12.4. The molecule has 0 aromatic heterocycles. The summed E-state index contributed by atoms with van der Waals surface area (Å²) in [6.45, 7) is 0. The van der Waals surface area contributed by atoms with Crippen LogP contribution in [0.4, 0.5) is 21.9 Å². The Labute approximate surface area is 157 Å². The van der Waals surface area contributed by atoms with E-state index < -0.39 is 16.1 Å². The van der Waals surface area contributed by atoms with E-state index >= 15 is 0 Å². The third-order valence-corrected chi connectivity index (χ3v) is 4.61. The number of hydrogen-bond acceptors (Lipinski definition) is 4. The van der Waals surface area contributed by atoms with Gasteiger partial charge >= 0.3 is 6.03 Å². The second kappa shape index (κ2) is 7.90. The van der Waals surface area contributed by atoms with Crippen molar-refractivity contribution < 1.29 is 13.2 Å². The first-order chi connectivity index (χ1) is 12.9. The van der Waals surface area contributed by atoms with Crippen LogP contribution < -0.4 is 20.9 Å². The second-order valence-corrected chi connectivity index (χ2v) is 7.20. The molecule has 0 saturated heterocycles. The van der Waals surface area contributed by atoms with Gasteiger partial charge in [-0.15, -0.1) is 0 Å². The Morgan fingerprint density at radius 3 is 1.70 bits per heavy atom. The molecular weight excluding hydrogens is 364 g/mol. The van der Waals surface area contributed by atoms with Crippen molar-refractivity contribution in [3.63, 3.8) is 0 Å². The lowest BCUT2D eigenvalue weighted by molar-refractivity contribution is 0.252. The van der Waals surface area contributed by atoms with Crippen LogP contribution in [0, 0.1) is 0 Å². The number of sulfonamides is 1. The number of nitrogens with two attached hydrogens (primary N) is 1. The molecule has 3 aromatic carbocycles. The minimum absolute atomic E-state index is 0.0244. The number of rotatable bonds is 5. The highest BCUT2D eigenvalue weighted by molar-refractivity contribution is 7.89. The molecule has 138 valence electrons. The Kier molecular flexibility index (Phi) is 5.39. The van der Waals surface area contributed by atoms with Gasteiger partial charge in [-0.3, -0.25) is 5.01 Å². The summed E-state index contributed by atoms with van der Waals surface area (Å²) < 4.78 is 22.6. The fourth-order valence-electron chi connectivity index (χ4n) is 2.42. The lowest BCUT2D eigenvalue weighted by Crippen LogP contribution is -2.41. The van der Waals surface area contributed by atoms with E-state index in [2.05, 4.69) is 10.7 Å². The van der Waals surface area contributed by atoms with Crippen molar-refractivity contribution in [2.45, 2.75) is 4.90 Å². The number of benzene rings is 3. The monoisotopic (exact) mass is 382 g/mol. The van der Waals surface area contributed by atoms with E-state index in [1.807, 2.05) is 60.7 Å². The van der Waals surface area contributed by atoms with Gasteiger partial charge in [0.15, 0.2) is 0 Å². The van der Waals surface area contributed by atoms with Gasteiger partial charge in [-0.2, -0.15) is 0 Å². The van der Waals surface area contributed by atoms with Gasteiger partial charge in [0.1, 0.15) is 0 Å².